The highest BCUT2D eigenvalue weighted by molar-refractivity contribution is 5.48. The normalized spacial score (nSPS) is 18.4. The van der Waals surface area contributed by atoms with E-state index >= 15 is 0 Å². The summed E-state index contributed by atoms with van der Waals surface area (Å²) in [6.45, 7) is 4.20. The zero-order chi connectivity index (χ0) is 24.4. The second-order valence-electron chi connectivity index (χ2n) is 9.44. The SMILES string of the molecule is COc1cc2c(cc1OC)CN(Cc1coc(=O)c(CN3CCC(c4ccccc4)C3)c1O)CC2. The summed E-state index contributed by atoms with van der Waals surface area (Å²) < 4.78 is 16.3. The van der Waals surface area contributed by atoms with Crippen LogP contribution >= 0.6 is 0 Å². The van der Waals surface area contributed by atoms with E-state index in [4.69, 9.17) is 13.9 Å². The van der Waals surface area contributed by atoms with Crippen molar-refractivity contribution in [3.05, 3.63) is 87.0 Å². The lowest BCUT2D eigenvalue weighted by Crippen LogP contribution is -2.30. The molecule has 1 atom stereocenters. The Morgan fingerprint density at radius 3 is 2.49 bits per heavy atom. The molecule has 1 fully saturated rings. The van der Waals surface area contributed by atoms with Crippen molar-refractivity contribution in [1.82, 2.24) is 9.80 Å². The third-order valence-corrected chi connectivity index (χ3v) is 7.26. The fraction of sp³-hybridized carbons (Fsp3) is 0.393. The molecule has 5 rings (SSSR count). The molecule has 1 saturated heterocycles. The molecule has 0 bridgehead atoms. The van der Waals surface area contributed by atoms with Crippen molar-refractivity contribution < 1.29 is 19.0 Å². The average Bonchev–Trinajstić information content (AvgIpc) is 3.36. The predicted molar refractivity (Wildman–Crippen MR) is 133 cm³/mol. The number of nitrogens with zero attached hydrogens (tertiary/aromatic N) is 2. The molecule has 7 nitrogen and oxygen atoms in total. The summed E-state index contributed by atoms with van der Waals surface area (Å²) in [6.07, 6.45) is 3.31. The van der Waals surface area contributed by atoms with Crippen LogP contribution in [0, 0.1) is 0 Å². The average molecular weight is 477 g/mol. The van der Waals surface area contributed by atoms with E-state index in [0.717, 1.165) is 38.2 Å². The van der Waals surface area contributed by atoms with Gasteiger partial charge in [0.1, 0.15) is 12.0 Å². The lowest BCUT2D eigenvalue weighted by atomic mass is 9.98. The summed E-state index contributed by atoms with van der Waals surface area (Å²) in [5, 5.41) is 11.0. The van der Waals surface area contributed by atoms with Crippen molar-refractivity contribution in [2.24, 2.45) is 0 Å². The van der Waals surface area contributed by atoms with Crippen LogP contribution in [-0.4, -0.2) is 48.8 Å². The van der Waals surface area contributed by atoms with Gasteiger partial charge in [-0.25, -0.2) is 4.79 Å². The molecule has 3 heterocycles. The van der Waals surface area contributed by atoms with Gasteiger partial charge in [0.2, 0.25) is 0 Å². The molecule has 0 amide bonds. The molecule has 7 heteroatoms. The first-order valence-corrected chi connectivity index (χ1v) is 12.1. The highest BCUT2D eigenvalue weighted by atomic mass is 16.5. The molecule has 2 aliphatic heterocycles. The third-order valence-electron chi connectivity index (χ3n) is 7.26. The van der Waals surface area contributed by atoms with Gasteiger partial charge in [0, 0.05) is 38.3 Å². The first kappa shape index (κ1) is 23.5. The van der Waals surface area contributed by atoms with Crippen LogP contribution in [0.25, 0.3) is 0 Å². The van der Waals surface area contributed by atoms with Gasteiger partial charge in [-0.15, -0.1) is 0 Å². The minimum atomic E-state index is -0.463. The number of fused-ring (bicyclic) bond motifs is 1. The molecule has 0 spiro atoms. The maximum atomic E-state index is 12.5. The van der Waals surface area contributed by atoms with E-state index in [1.807, 2.05) is 18.2 Å². The summed E-state index contributed by atoms with van der Waals surface area (Å²) in [5.74, 6) is 1.95. The molecule has 2 aromatic carbocycles. The van der Waals surface area contributed by atoms with Gasteiger partial charge in [-0.2, -0.15) is 0 Å². The molecule has 35 heavy (non-hydrogen) atoms. The molecule has 2 aliphatic rings. The smallest absolute Gasteiger partial charge is 0.343 e. The topological polar surface area (TPSA) is 75.4 Å². The standard InChI is InChI=1S/C28H32N2O5/c1-33-25-12-20-8-10-29(15-22(20)13-26(25)34-2)16-23-18-35-28(32)24(27(23)31)17-30-11-9-21(14-30)19-6-4-3-5-7-19/h3-7,12-13,18,21,31H,8-11,14-17H2,1-2H3. The fourth-order valence-electron chi connectivity index (χ4n) is 5.31. The molecule has 1 unspecified atom stereocenters. The Morgan fingerprint density at radius 2 is 1.74 bits per heavy atom. The lowest BCUT2D eigenvalue weighted by Gasteiger charge is -2.29. The number of rotatable bonds is 7. The number of ether oxygens (including phenoxy) is 2. The maximum absolute atomic E-state index is 12.5. The van der Waals surface area contributed by atoms with Crippen molar-refractivity contribution in [3.63, 3.8) is 0 Å². The summed E-state index contributed by atoms with van der Waals surface area (Å²) in [4.78, 5) is 17.0. The van der Waals surface area contributed by atoms with E-state index in [0.29, 0.717) is 42.4 Å². The van der Waals surface area contributed by atoms with Crippen molar-refractivity contribution in [3.8, 4) is 17.2 Å². The van der Waals surface area contributed by atoms with Crippen LogP contribution in [0.5, 0.6) is 17.2 Å². The summed E-state index contributed by atoms with van der Waals surface area (Å²) in [6, 6.07) is 14.5. The summed E-state index contributed by atoms with van der Waals surface area (Å²) >= 11 is 0. The van der Waals surface area contributed by atoms with Gasteiger partial charge >= 0.3 is 5.63 Å². The van der Waals surface area contributed by atoms with Crippen LogP contribution in [0.3, 0.4) is 0 Å². The molecule has 1 aromatic heterocycles. The molecule has 0 aliphatic carbocycles. The van der Waals surface area contributed by atoms with E-state index in [-0.39, 0.29) is 5.75 Å². The third kappa shape index (κ3) is 4.92. The number of benzene rings is 2. The van der Waals surface area contributed by atoms with E-state index in [1.165, 1.54) is 23.0 Å². The number of aromatic hydroxyl groups is 1. The molecule has 1 N–H and O–H groups in total. The van der Waals surface area contributed by atoms with Crippen LogP contribution in [0.15, 0.2) is 57.9 Å². The number of methoxy groups -OCH3 is 2. The maximum Gasteiger partial charge on any atom is 0.343 e. The van der Waals surface area contributed by atoms with Crippen LogP contribution in [0.4, 0.5) is 0 Å². The van der Waals surface area contributed by atoms with Gasteiger partial charge < -0.3 is 19.0 Å². The largest absolute Gasteiger partial charge is 0.507 e. The lowest BCUT2D eigenvalue weighted by molar-refractivity contribution is 0.236. The Labute approximate surface area is 205 Å². The van der Waals surface area contributed by atoms with Gasteiger partial charge in [-0.1, -0.05) is 30.3 Å². The first-order chi connectivity index (χ1) is 17.1. The molecule has 3 aromatic rings. The Balaban J connectivity index is 1.29. The minimum absolute atomic E-state index is 0.0579. The van der Waals surface area contributed by atoms with Crippen molar-refractivity contribution in [2.75, 3.05) is 33.9 Å². The Bertz CT molecular complexity index is 1240. The van der Waals surface area contributed by atoms with Crippen LogP contribution in [0.1, 0.15) is 40.2 Å². The zero-order valence-corrected chi connectivity index (χ0v) is 20.3. The van der Waals surface area contributed by atoms with Crippen molar-refractivity contribution >= 4 is 0 Å². The first-order valence-electron chi connectivity index (χ1n) is 12.1. The second-order valence-corrected chi connectivity index (χ2v) is 9.44. The van der Waals surface area contributed by atoms with Crippen molar-refractivity contribution in [2.45, 2.75) is 38.4 Å². The van der Waals surface area contributed by atoms with Crippen molar-refractivity contribution in [1.29, 1.82) is 0 Å². The van der Waals surface area contributed by atoms with Gasteiger partial charge in [0.05, 0.1) is 19.8 Å². The number of hydrogen-bond donors (Lipinski definition) is 1. The summed E-state index contributed by atoms with van der Waals surface area (Å²) in [5.41, 5.74) is 4.26. The highest BCUT2D eigenvalue weighted by Gasteiger charge is 2.27. The van der Waals surface area contributed by atoms with E-state index in [1.54, 1.807) is 14.2 Å². The van der Waals surface area contributed by atoms with Gasteiger partial charge in [-0.3, -0.25) is 9.80 Å². The molecular weight excluding hydrogens is 444 g/mol. The van der Waals surface area contributed by atoms with E-state index in [2.05, 4.69) is 34.1 Å². The number of hydrogen-bond acceptors (Lipinski definition) is 7. The second kappa shape index (κ2) is 10.1. The predicted octanol–water partition coefficient (Wildman–Crippen LogP) is 3.91. The Kier molecular flexibility index (Phi) is 6.79. The van der Waals surface area contributed by atoms with Gasteiger partial charge in [-0.05, 0) is 54.1 Å². The Hall–Kier alpha value is -3.29. The Morgan fingerprint density at radius 1 is 1.00 bits per heavy atom. The van der Waals surface area contributed by atoms with Gasteiger partial charge in [0.25, 0.3) is 0 Å². The highest BCUT2D eigenvalue weighted by Crippen LogP contribution is 2.34. The molecular formula is C28H32N2O5. The van der Waals surface area contributed by atoms with Crippen LogP contribution in [-0.2, 0) is 26.1 Å². The molecule has 184 valence electrons. The van der Waals surface area contributed by atoms with E-state index < -0.39 is 5.63 Å². The van der Waals surface area contributed by atoms with E-state index in [9.17, 15) is 9.90 Å². The minimum Gasteiger partial charge on any atom is -0.507 e. The van der Waals surface area contributed by atoms with Crippen LogP contribution < -0.4 is 15.1 Å². The number of likely N-dealkylation sites (tertiary alicyclic amines) is 1. The molecule has 0 radical (unpaired) electrons. The van der Waals surface area contributed by atoms with Crippen LogP contribution in [0.2, 0.25) is 0 Å². The quantitative estimate of drug-likeness (QED) is 0.554. The fourth-order valence-corrected chi connectivity index (χ4v) is 5.31. The monoisotopic (exact) mass is 476 g/mol. The zero-order valence-electron chi connectivity index (χ0n) is 20.3. The van der Waals surface area contributed by atoms with Gasteiger partial charge in [0.15, 0.2) is 11.5 Å². The summed E-state index contributed by atoms with van der Waals surface area (Å²) in [7, 11) is 3.28. The molecule has 0 saturated carbocycles.